The maximum atomic E-state index is 5.41. The van der Waals surface area contributed by atoms with Crippen LogP contribution in [0.25, 0.3) is 0 Å². The quantitative estimate of drug-likeness (QED) is 0.742. The van der Waals surface area contributed by atoms with Crippen LogP contribution in [0.2, 0.25) is 0 Å². The topological polar surface area (TPSA) is 9.23 Å². The third-order valence-electron chi connectivity index (χ3n) is 1.18. The highest BCUT2D eigenvalue weighted by atomic mass is 79.9. The van der Waals surface area contributed by atoms with Crippen LogP contribution in [0.4, 0.5) is 0 Å². The van der Waals surface area contributed by atoms with Crippen molar-refractivity contribution in [2.75, 3.05) is 11.9 Å². The minimum Gasteiger partial charge on any atom is -0.493 e. The third-order valence-corrected chi connectivity index (χ3v) is 2.42. The fraction of sp³-hybridized carbons (Fsp3) is 0.250. The Hall–Kier alpha value is 0.460. The molecule has 0 atom stereocenters. The first-order valence-corrected chi connectivity index (χ1v) is 6.08. The van der Waals surface area contributed by atoms with Crippen LogP contribution in [0.1, 0.15) is 0 Å². The van der Waals surface area contributed by atoms with Gasteiger partial charge in [0.1, 0.15) is 5.75 Å². The van der Waals surface area contributed by atoms with Gasteiger partial charge in [-0.05, 0) is 18.2 Å². The Morgan fingerprint density at radius 3 is 2.17 bits per heavy atom. The van der Waals surface area contributed by atoms with Crippen LogP contribution in [0.15, 0.2) is 27.1 Å². The lowest BCUT2D eigenvalue weighted by molar-refractivity contribution is 0.344. The zero-order valence-electron chi connectivity index (χ0n) is 6.19. The summed E-state index contributed by atoms with van der Waals surface area (Å²) in [5.41, 5.74) is 0. The van der Waals surface area contributed by atoms with Crippen LogP contribution in [0, 0.1) is 0 Å². The second kappa shape index (κ2) is 5.25. The van der Waals surface area contributed by atoms with Crippen molar-refractivity contribution in [2.45, 2.75) is 0 Å². The van der Waals surface area contributed by atoms with Gasteiger partial charge in [-0.25, -0.2) is 0 Å². The third kappa shape index (κ3) is 3.46. The van der Waals surface area contributed by atoms with Gasteiger partial charge in [-0.2, -0.15) is 0 Å². The molecule has 0 aliphatic rings. The molecule has 0 aliphatic heterocycles. The summed E-state index contributed by atoms with van der Waals surface area (Å²) in [7, 11) is 0. The molecule has 0 saturated carbocycles. The molecule has 0 fully saturated rings. The van der Waals surface area contributed by atoms with Crippen molar-refractivity contribution < 1.29 is 4.74 Å². The van der Waals surface area contributed by atoms with Crippen molar-refractivity contribution in [3.63, 3.8) is 0 Å². The second-order valence-corrected chi connectivity index (χ2v) is 4.77. The molecule has 0 saturated heterocycles. The van der Waals surface area contributed by atoms with Crippen LogP contribution in [0.5, 0.6) is 5.75 Å². The van der Waals surface area contributed by atoms with Gasteiger partial charge >= 0.3 is 0 Å². The summed E-state index contributed by atoms with van der Waals surface area (Å²) in [6.07, 6.45) is 0. The Balaban J connectivity index is 2.72. The van der Waals surface area contributed by atoms with E-state index in [1.807, 2.05) is 18.2 Å². The average Bonchev–Trinajstić information content (AvgIpc) is 1.99. The van der Waals surface area contributed by atoms with Crippen molar-refractivity contribution in [1.29, 1.82) is 0 Å². The van der Waals surface area contributed by atoms with Gasteiger partial charge in [0.15, 0.2) is 0 Å². The van der Waals surface area contributed by atoms with Gasteiger partial charge in [0.2, 0.25) is 0 Å². The summed E-state index contributed by atoms with van der Waals surface area (Å²) < 4.78 is 7.44. The predicted molar refractivity (Wildman–Crippen MR) is 61.1 cm³/mol. The molecule has 1 aromatic carbocycles. The van der Waals surface area contributed by atoms with Crippen LogP contribution in [0.3, 0.4) is 0 Å². The van der Waals surface area contributed by atoms with Crippen LogP contribution in [-0.4, -0.2) is 11.9 Å². The van der Waals surface area contributed by atoms with E-state index in [2.05, 4.69) is 47.8 Å². The molecule has 0 N–H and O–H groups in total. The van der Waals surface area contributed by atoms with E-state index >= 15 is 0 Å². The highest BCUT2D eigenvalue weighted by Crippen LogP contribution is 2.24. The van der Waals surface area contributed by atoms with Gasteiger partial charge in [-0.15, -0.1) is 0 Å². The van der Waals surface area contributed by atoms with Gasteiger partial charge in [-0.3, -0.25) is 0 Å². The summed E-state index contributed by atoms with van der Waals surface area (Å²) in [6, 6.07) is 5.85. The number of alkyl halides is 1. The monoisotopic (exact) mass is 356 g/mol. The number of hydrogen-bond acceptors (Lipinski definition) is 1. The molecule has 0 unspecified atom stereocenters. The molecule has 0 aromatic heterocycles. The highest BCUT2D eigenvalue weighted by molar-refractivity contribution is 9.11. The van der Waals surface area contributed by atoms with Gasteiger partial charge in [0.25, 0.3) is 0 Å². The molecule has 0 bridgehead atoms. The van der Waals surface area contributed by atoms with Gasteiger partial charge in [0, 0.05) is 14.3 Å². The molecule has 4 heteroatoms. The number of ether oxygens (including phenoxy) is 1. The molecule has 0 aliphatic carbocycles. The van der Waals surface area contributed by atoms with E-state index in [0.29, 0.717) is 6.61 Å². The van der Waals surface area contributed by atoms with Crippen LogP contribution < -0.4 is 4.74 Å². The van der Waals surface area contributed by atoms with E-state index in [0.717, 1.165) is 20.0 Å². The molecule has 0 spiro atoms. The molecule has 1 aromatic rings. The first kappa shape index (κ1) is 10.5. The number of rotatable bonds is 3. The standard InChI is InChI=1S/C8H7Br3O/c9-1-2-12-8-4-6(10)3-7(11)5-8/h3-5H,1-2H2. The Morgan fingerprint density at radius 1 is 1.08 bits per heavy atom. The molecular weight excluding hydrogens is 352 g/mol. The van der Waals surface area contributed by atoms with E-state index in [1.165, 1.54) is 0 Å². The van der Waals surface area contributed by atoms with E-state index in [1.54, 1.807) is 0 Å². The fourth-order valence-electron chi connectivity index (χ4n) is 0.768. The Morgan fingerprint density at radius 2 is 1.67 bits per heavy atom. The largest absolute Gasteiger partial charge is 0.493 e. The van der Waals surface area contributed by atoms with Crippen molar-refractivity contribution in [2.24, 2.45) is 0 Å². The first-order valence-electron chi connectivity index (χ1n) is 3.37. The zero-order valence-corrected chi connectivity index (χ0v) is 10.9. The maximum absolute atomic E-state index is 5.41. The molecule has 0 radical (unpaired) electrons. The number of benzene rings is 1. The normalized spacial score (nSPS) is 9.92. The first-order chi connectivity index (χ1) is 5.72. The van der Waals surface area contributed by atoms with Crippen molar-refractivity contribution >= 4 is 47.8 Å². The zero-order chi connectivity index (χ0) is 8.97. The molecule has 12 heavy (non-hydrogen) atoms. The Labute approximate surface area is 96.9 Å². The summed E-state index contributed by atoms with van der Waals surface area (Å²) in [5, 5.41) is 0.844. The molecule has 0 amide bonds. The Bertz CT molecular complexity index is 242. The lowest BCUT2D eigenvalue weighted by Crippen LogP contribution is -1.97. The molecule has 1 rings (SSSR count). The van der Waals surface area contributed by atoms with Gasteiger partial charge < -0.3 is 4.74 Å². The molecule has 1 nitrogen and oxygen atoms in total. The van der Waals surface area contributed by atoms with Gasteiger partial charge in [0.05, 0.1) is 6.61 Å². The lowest BCUT2D eigenvalue weighted by Gasteiger charge is -2.04. The minimum absolute atomic E-state index is 0.683. The van der Waals surface area contributed by atoms with Crippen molar-refractivity contribution in [1.82, 2.24) is 0 Å². The van der Waals surface area contributed by atoms with E-state index in [9.17, 15) is 0 Å². The second-order valence-electron chi connectivity index (χ2n) is 2.14. The molecular formula is C8H7Br3O. The smallest absolute Gasteiger partial charge is 0.121 e. The fourth-order valence-corrected chi connectivity index (χ4v) is 2.18. The summed E-state index contributed by atoms with van der Waals surface area (Å²) in [5.74, 6) is 0.871. The van der Waals surface area contributed by atoms with Crippen LogP contribution >= 0.6 is 47.8 Å². The lowest BCUT2D eigenvalue weighted by atomic mass is 10.3. The highest BCUT2D eigenvalue weighted by Gasteiger charge is 1.97. The van der Waals surface area contributed by atoms with Crippen LogP contribution in [-0.2, 0) is 0 Å². The number of hydrogen-bond donors (Lipinski definition) is 0. The van der Waals surface area contributed by atoms with Gasteiger partial charge in [-0.1, -0.05) is 47.8 Å². The van der Waals surface area contributed by atoms with Crippen molar-refractivity contribution in [3.8, 4) is 5.75 Å². The minimum atomic E-state index is 0.683. The average molecular weight is 359 g/mol. The van der Waals surface area contributed by atoms with E-state index in [-0.39, 0.29) is 0 Å². The maximum Gasteiger partial charge on any atom is 0.121 e. The summed E-state index contributed by atoms with van der Waals surface area (Å²) >= 11 is 10.1. The predicted octanol–water partition coefficient (Wildman–Crippen LogP) is 3.99. The Kier molecular flexibility index (Phi) is 4.61. The van der Waals surface area contributed by atoms with E-state index in [4.69, 9.17) is 4.74 Å². The van der Waals surface area contributed by atoms with E-state index < -0.39 is 0 Å². The number of halogens is 3. The summed E-state index contributed by atoms with van der Waals surface area (Å²) in [6.45, 7) is 0.683. The van der Waals surface area contributed by atoms with Crippen molar-refractivity contribution in [3.05, 3.63) is 27.1 Å². The molecule has 66 valence electrons. The molecule has 0 heterocycles. The summed E-state index contributed by atoms with van der Waals surface area (Å²) in [4.78, 5) is 0. The SMILES string of the molecule is BrCCOc1cc(Br)cc(Br)c1.